The zero-order chi connectivity index (χ0) is 30.6. The minimum absolute atomic E-state index is 0.120. The van der Waals surface area contributed by atoms with Crippen molar-refractivity contribution in [2.24, 2.45) is 0 Å². The van der Waals surface area contributed by atoms with E-state index in [0.29, 0.717) is 18.2 Å². The van der Waals surface area contributed by atoms with Crippen molar-refractivity contribution < 1.29 is 49.1 Å². The first kappa shape index (κ1) is 33.8. The minimum atomic E-state index is -5.12. The number of amides is 2. The van der Waals surface area contributed by atoms with Crippen molar-refractivity contribution >= 4 is 57.0 Å². The van der Waals surface area contributed by atoms with Gasteiger partial charge in [-0.25, -0.2) is 0 Å². The van der Waals surface area contributed by atoms with Crippen molar-refractivity contribution in [1.29, 1.82) is 0 Å². The van der Waals surface area contributed by atoms with Crippen LogP contribution in [0.1, 0.15) is 52.7 Å². The third-order valence-corrected chi connectivity index (χ3v) is 7.06. The van der Waals surface area contributed by atoms with E-state index >= 15 is 0 Å². The molecule has 0 bridgehead atoms. The van der Waals surface area contributed by atoms with Gasteiger partial charge in [0, 0.05) is 6.42 Å². The largest absolute Gasteiger partial charge is 0.417 e. The highest BCUT2D eigenvalue weighted by molar-refractivity contribution is 9.10. The topological polar surface area (TPSA) is 58.2 Å². The maximum absolute atomic E-state index is 13.8. The average molecular weight is 688 g/mol. The summed E-state index contributed by atoms with van der Waals surface area (Å²) < 4.78 is 119. The van der Waals surface area contributed by atoms with Gasteiger partial charge in [0.1, 0.15) is 0 Å². The van der Waals surface area contributed by atoms with Crippen molar-refractivity contribution in [3.8, 4) is 0 Å². The number of rotatable bonds is 8. The first-order chi connectivity index (χ1) is 18.2. The van der Waals surface area contributed by atoms with E-state index in [1.807, 2.05) is 10.6 Å². The molecule has 2 N–H and O–H groups in total. The van der Waals surface area contributed by atoms with Crippen LogP contribution in [0, 0.1) is 0 Å². The molecule has 0 spiro atoms. The molecule has 0 aliphatic rings. The van der Waals surface area contributed by atoms with Crippen LogP contribution in [0.5, 0.6) is 0 Å². The number of hydrogen-bond donors (Lipinski definition) is 2. The Labute approximate surface area is 240 Å². The Morgan fingerprint density at radius 3 is 2.02 bits per heavy atom. The molecule has 0 fully saturated rings. The van der Waals surface area contributed by atoms with Crippen LogP contribution in [0.15, 0.2) is 40.9 Å². The maximum Gasteiger partial charge on any atom is 0.417 e. The molecule has 1 unspecified atom stereocenters. The predicted molar refractivity (Wildman–Crippen MR) is 134 cm³/mol. The average Bonchev–Trinajstić information content (AvgIpc) is 2.79. The van der Waals surface area contributed by atoms with E-state index in [4.69, 9.17) is 23.2 Å². The SMILES string of the molecule is C[C@H](NC(=O)CCC(F)(F)F)NC(=O)c1ccc(C=CC(c2cc(Cl)c(Br)c(Cl)c2)C(F)(F)F)cc1C(F)(F)F. The third kappa shape index (κ3) is 9.88. The molecule has 2 aromatic carbocycles. The lowest BCUT2D eigenvalue weighted by Gasteiger charge is -2.19. The van der Waals surface area contributed by atoms with E-state index in [1.165, 1.54) is 0 Å². The van der Waals surface area contributed by atoms with Crippen LogP contribution in [0.2, 0.25) is 10.0 Å². The predicted octanol–water partition coefficient (Wildman–Crippen LogP) is 8.67. The van der Waals surface area contributed by atoms with Gasteiger partial charge in [-0.1, -0.05) is 41.4 Å². The Bertz CT molecular complexity index is 1260. The normalized spacial score (nSPS) is 14.2. The summed E-state index contributed by atoms with van der Waals surface area (Å²) in [6.45, 7) is 1.12. The summed E-state index contributed by atoms with van der Waals surface area (Å²) in [6, 6.07) is 4.12. The van der Waals surface area contributed by atoms with E-state index in [2.05, 4.69) is 15.9 Å². The Morgan fingerprint density at radius 1 is 0.950 bits per heavy atom. The molecule has 0 saturated carbocycles. The number of allylic oxidation sites excluding steroid dienone is 1. The Hall–Kier alpha value is -2.45. The summed E-state index contributed by atoms with van der Waals surface area (Å²) in [7, 11) is 0. The van der Waals surface area contributed by atoms with Gasteiger partial charge in [0.05, 0.1) is 44.1 Å². The summed E-state index contributed by atoms with van der Waals surface area (Å²) in [6.07, 6.45) is -17.0. The number of carbonyl (C=O) groups is 2. The van der Waals surface area contributed by atoms with Gasteiger partial charge in [-0.15, -0.1) is 0 Å². The second kappa shape index (κ2) is 13.0. The molecule has 2 amide bonds. The molecule has 40 heavy (non-hydrogen) atoms. The van der Waals surface area contributed by atoms with E-state index in [1.54, 1.807) is 0 Å². The van der Waals surface area contributed by atoms with Crippen LogP contribution in [0.25, 0.3) is 6.08 Å². The summed E-state index contributed by atoms with van der Waals surface area (Å²) >= 11 is 14.8. The molecule has 0 aliphatic carbocycles. The first-order valence-electron chi connectivity index (χ1n) is 11.0. The van der Waals surface area contributed by atoms with Crippen molar-refractivity contribution in [2.75, 3.05) is 0 Å². The van der Waals surface area contributed by atoms with Gasteiger partial charge >= 0.3 is 18.5 Å². The maximum atomic E-state index is 13.8. The van der Waals surface area contributed by atoms with Crippen LogP contribution >= 0.6 is 39.1 Å². The molecule has 220 valence electrons. The van der Waals surface area contributed by atoms with Gasteiger partial charge in [0.2, 0.25) is 5.91 Å². The van der Waals surface area contributed by atoms with Crippen LogP contribution < -0.4 is 10.6 Å². The fraction of sp³-hybridized carbons (Fsp3) is 0.333. The molecular weight excluding hydrogens is 670 g/mol. The number of hydrogen-bond acceptors (Lipinski definition) is 2. The lowest BCUT2D eigenvalue weighted by Crippen LogP contribution is -2.46. The van der Waals surface area contributed by atoms with Gasteiger partial charge in [0.15, 0.2) is 0 Å². The van der Waals surface area contributed by atoms with E-state index in [9.17, 15) is 49.1 Å². The van der Waals surface area contributed by atoms with Gasteiger partial charge in [-0.2, -0.15) is 39.5 Å². The molecule has 0 saturated heterocycles. The third-order valence-electron chi connectivity index (χ3n) is 5.15. The van der Waals surface area contributed by atoms with E-state index < -0.39 is 66.4 Å². The van der Waals surface area contributed by atoms with E-state index in [-0.39, 0.29) is 25.6 Å². The molecule has 0 aromatic heterocycles. The number of benzene rings is 2. The van der Waals surface area contributed by atoms with E-state index in [0.717, 1.165) is 31.2 Å². The fourth-order valence-electron chi connectivity index (χ4n) is 3.35. The van der Waals surface area contributed by atoms with Gasteiger partial charge in [0.25, 0.3) is 5.91 Å². The van der Waals surface area contributed by atoms with Crippen molar-refractivity contribution in [2.45, 2.75) is 50.4 Å². The zero-order valence-corrected chi connectivity index (χ0v) is 23.1. The van der Waals surface area contributed by atoms with Gasteiger partial charge < -0.3 is 10.6 Å². The van der Waals surface area contributed by atoms with Crippen molar-refractivity contribution in [3.63, 3.8) is 0 Å². The van der Waals surface area contributed by atoms with Crippen LogP contribution in [0.3, 0.4) is 0 Å². The van der Waals surface area contributed by atoms with Crippen LogP contribution in [0.4, 0.5) is 39.5 Å². The highest BCUT2D eigenvalue weighted by atomic mass is 79.9. The highest BCUT2D eigenvalue weighted by Crippen LogP contribution is 2.41. The second-order valence-electron chi connectivity index (χ2n) is 8.36. The van der Waals surface area contributed by atoms with Gasteiger partial charge in [-0.05, 0) is 58.2 Å². The monoisotopic (exact) mass is 686 g/mol. The Morgan fingerprint density at radius 2 is 1.52 bits per heavy atom. The lowest BCUT2D eigenvalue weighted by atomic mass is 9.96. The molecule has 2 atom stereocenters. The standard InChI is InChI=1S/C24H18BrCl2F9N2O2/c1-11(37-19(39)6-7-22(28,29)30)38-21(40)14-4-2-12(8-16(14)24(34,35)36)3-5-15(23(31,32)33)13-9-17(26)20(25)18(27)10-13/h2-5,8-11,15H,6-7H2,1H3,(H,37,39)(H,38,40)/t11-,15?/m1/s1. The summed E-state index contributed by atoms with van der Waals surface area (Å²) in [5.74, 6) is -4.73. The molecule has 0 radical (unpaired) electrons. The Balaban J connectivity index is 2.31. The molecule has 0 heterocycles. The number of alkyl halides is 9. The number of halogens is 12. The molecule has 2 rings (SSSR count). The minimum Gasteiger partial charge on any atom is -0.336 e. The van der Waals surface area contributed by atoms with Crippen molar-refractivity contribution in [3.05, 3.63) is 73.2 Å². The first-order valence-corrected chi connectivity index (χ1v) is 12.5. The summed E-state index contributed by atoms with van der Waals surface area (Å²) in [5.41, 5.74) is -3.14. The van der Waals surface area contributed by atoms with Gasteiger partial charge in [-0.3, -0.25) is 9.59 Å². The molecular formula is C24H18BrCl2F9N2O2. The summed E-state index contributed by atoms with van der Waals surface area (Å²) in [5, 5.41) is 3.78. The summed E-state index contributed by atoms with van der Waals surface area (Å²) in [4.78, 5) is 24.1. The number of nitrogens with one attached hydrogen (secondary N) is 2. The lowest BCUT2D eigenvalue weighted by molar-refractivity contribution is -0.144. The smallest absolute Gasteiger partial charge is 0.336 e. The molecule has 16 heteroatoms. The Kier molecular flexibility index (Phi) is 11.0. The fourth-order valence-corrected chi connectivity index (χ4v) is 4.08. The number of carbonyl (C=O) groups excluding carboxylic acids is 2. The van der Waals surface area contributed by atoms with Crippen molar-refractivity contribution in [1.82, 2.24) is 10.6 Å². The highest BCUT2D eigenvalue weighted by Gasteiger charge is 2.40. The molecule has 2 aromatic rings. The second-order valence-corrected chi connectivity index (χ2v) is 9.96. The molecule has 0 aliphatic heterocycles. The van der Waals surface area contributed by atoms with Crippen LogP contribution in [-0.2, 0) is 11.0 Å². The van der Waals surface area contributed by atoms with Crippen LogP contribution in [-0.4, -0.2) is 30.3 Å². The zero-order valence-electron chi connectivity index (χ0n) is 20.0. The molecule has 4 nitrogen and oxygen atoms in total. The quantitative estimate of drug-likeness (QED) is 0.166.